The summed E-state index contributed by atoms with van der Waals surface area (Å²) < 4.78 is 0.793. The number of aromatic hydroxyl groups is 1. The van der Waals surface area contributed by atoms with Crippen LogP contribution in [-0.2, 0) is 9.59 Å². The number of hydrogen-bond acceptors (Lipinski definition) is 4. The minimum Gasteiger partial charge on any atom is -0.507 e. The summed E-state index contributed by atoms with van der Waals surface area (Å²) in [4.78, 5) is 23.5. The maximum absolute atomic E-state index is 11.8. The van der Waals surface area contributed by atoms with E-state index in [9.17, 15) is 14.7 Å². The Hall–Kier alpha value is -1.89. The fourth-order valence-electron chi connectivity index (χ4n) is 2.71. The van der Waals surface area contributed by atoms with Gasteiger partial charge in [-0.25, -0.2) is 5.43 Å². The van der Waals surface area contributed by atoms with Gasteiger partial charge in [-0.1, -0.05) is 74.2 Å². The van der Waals surface area contributed by atoms with Crippen molar-refractivity contribution in [3.05, 3.63) is 28.2 Å². The smallest absolute Gasteiger partial charge is 0.259 e. The van der Waals surface area contributed by atoms with Crippen LogP contribution in [0.1, 0.15) is 76.7 Å². The van der Waals surface area contributed by atoms with E-state index >= 15 is 0 Å². The number of halogens is 1. The number of hydrazone groups is 1. The molecule has 1 aromatic rings. The highest BCUT2D eigenvalue weighted by Gasteiger charge is 2.05. The Kier molecular flexibility index (Phi) is 13.0. The third-order valence-electron chi connectivity index (χ3n) is 4.34. The number of hydrogen-bond donors (Lipinski definition) is 3. The van der Waals surface area contributed by atoms with Crippen LogP contribution >= 0.6 is 15.9 Å². The molecule has 0 heterocycles. The SMILES string of the molecule is CCCCCCCCCCCC(=O)NCC(=O)N/N=C/c1cc(Br)ccc1O. The van der Waals surface area contributed by atoms with E-state index in [0.29, 0.717) is 12.0 Å². The molecule has 28 heavy (non-hydrogen) atoms. The number of benzene rings is 1. The second-order valence-electron chi connectivity index (χ2n) is 6.85. The first-order valence-electron chi connectivity index (χ1n) is 10.1. The molecule has 156 valence electrons. The zero-order chi connectivity index (χ0) is 20.6. The lowest BCUT2D eigenvalue weighted by Crippen LogP contribution is -2.34. The van der Waals surface area contributed by atoms with E-state index in [4.69, 9.17) is 0 Å². The van der Waals surface area contributed by atoms with Crippen LogP contribution in [0, 0.1) is 0 Å². The van der Waals surface area contributed by atoms with E-state index in [1.165, 1.54) is 50.8 Å². The van der Waals surface area contributed by atoms with Crippen LogP contribution < -0.4 is 10.7 Å². The first-order valence-corrected chi connectivity index (χ1v) is 10.9. The van der Waals surface area contributed by atoms with E-state index in [-0.39, 0.29) is 18.2 Å². The highest BCUT2D eigenvalue weighted by atomic mass is 79.9. The molecule has 7 heteroatoms. The van der Waals surface area contributed by atoms with Gasteiger partial charge in [-0.15, -0.1) is 0 Å². The van der Waals surface area contributed by atoms with Crippen molar-refractivity contribution in [3.8, 4) is 5.75 Å². The molecular formula is C21H32BrN3O3. The quantitative estimate of drug-likeness (QED) is 0.217. The Morgan fingerprint density at radius 1 is 1.04 bits per heavy atom. The molecule has 0 aliphatic rings. The molecule has 0 aliphatic carbocycles. The van der Waals surface area contributed by atoms with Gasteiger partial charge >= 0.3 is 0 Å². The van der Waals surface area contributed by atoms with E-state index in [1.54, 1.807) is 12.1 Å². The fourth-order valence-corrected chi connectivity index (χ4v) is 3.08. The number of phenolic OH excluding ortho intramolecular Hbond substituents is 1. The second kappa shape index (κ2) is 15.1. The van der Waals surface area contributed by atoms with Gasteiger partial charge in [0.15, 0.2) is 0 Å². The van der Waals surface area contributed by atoms with Crippen LogP contribution in [-0.4, -0.2) is 29.7 Å². The lowest BCUT2D eigenvalue weighted by Gasteiger charge is -2.05. The van der Waals surface area contributed by atoms with Gasteiger partial charge in [0.05, 0.1) is 12.8 Å². The van der Waals surface area contributed by atoms with Gasteiger partial charge in [-0.3, -0.25) is 9.59 Å². The Balaban J connectivity index is 2.07. The van der Waals surface area contributed by atoms with Crippen LogP contribution in [0.25, 0.3) is 0 Å². The Bertz CT molecular complexity index is 635. The molecule has 0 spiro atoms. The maximum atomic E-state index is 11.8. The van der Waals surface area contributed by atoms with Crippen LogP contribution in [0.15, 0.2) is 27.8 Å². The summed E-state index contributed by atoms with van der Waals surface area (Å²) in [6.07, 6.45) is 12.6. The predicted molar refractivity (Wildman–Crippen MR) is 116 cm³/mol. The highest BCUT2D eigenvalue weighted by Crippen LogP contribution is 2.19. The minimum absolute atomic E-state index is 0.0652. The first kappa shape index (κ1) is 24.1. The second-order valence-corrected chi connectivity index (χ2v) is 7.77. The van der Waals surface area contributed by atoms with Crippen LogP contribution in [0.4, 0.5) is 0 Å². The van der Waals surface area contributed by atoms with Gasteiger partial charge in [0.2, 0.25) is 5.91 Å². The molecule has 0 saturated heterocycles. The van der Waals surface area contributed by atoms with Crippen LogP contribution in [0.5, 0.6) is 5.75 Å². The standard InChI is InChI=1S/C21H32BrN3O3/c1-2-3-4-5-6-7-8-9-10-11-20(27)23-16-21(28)25-24-15-17-14-18(22)12-13-19(17)26/h12-15,26H,2-11,16H2,1H3,(H,23,27)(H,25,28)/b24-15+. The first-order chi connectivity index (χ1) is 13.5. The zero-order valence-corrected chi connectivity index (χ0v) is 18.3. The van der Waals surface area contributed by atoms with Crippen molar-refractivity contribution < 1.29 is 14.7 Å². The number of rotatable bonds is 14. The maximum Gasteiger partial charge on any atom is 0.259 e. The fraction of sp³-hybridized carbons (Fsp3) is 0.571. The van der Waals surface area contributed by atoms with Crippen molar-refractivity contribution in [2.24, 2.45) is 5.10 Å². The number of nitrogens with one attached hydrogen (secondary N) is 2. The average Bonchev–Trinajstić information content (AvgIpc) is 2.67. The average molecular weight is 454 g/mol. The molecule has 0 bridgehead atoms. The lowest BCUT2D eigenvalue weighted by molar-refractivity contribution is -0.126. The third-order valence-corrected chi connectivity index (χ3v) is 4.83. The van der Waals surface area contributed by atoms with E-state index in [1.807, 2.05) is 0 Å². The minimum atomic E-state index is -0.411. The van der Waals surface area contributed by atoms with Gasteiger partial charge in [0, 0.05) is 16.5 Å². The molecule has 1 rings (SSSR count). The number of carbonyl (C=O) groups is 2. The van der Waals surface area contributed by atoms with Gasteiger partial charge in [-0.2, -0.15) is 5.10 Å². The van der Waals surface area contributed by atoms with Crippen molar-refractivity contribution in [2.45, 2.75) is 71.1 Å². The molecule has 0 aliphatic heterocycles. The number of nitrogens with zero attached hydrogens (tertiary/aromatic N) is 1. The summed E-state index contributed by atoms with van der Waals surface area (Å²) in [5, 5.41) is 16.1. The summed E-state index contributed by atoms with van der Waals surface area (Å²) in [6.45, 7) is 2.11. The molecule has 0 aromatic heterocycles. The summed E-state index contributed by atoms with van der Waals surface area (Å²) >= 11 is 3.30. The van der Waals surface area contributed by atoms with E-state index < -0.39 is 5.91 Å². The molecule has 0 atom stereocenters. The van der Waals surface area contributed by atoms with Crippen molar-refractivity contribution >= 4 is 34.0 Å². The molecule has 1 aromatic carbocycles. The molecule has 0 saturated carbocycles. The lowest BCUT2D eigenvalue weighted by atomic mass is 10.1. The topological polar surface area (TPSA) is 90.8 Å². The predicted octanol–water partition coefficient (Wildman–Crippen LogP) is 4.64. The van der Waals surface area contributed by atoms with Crippen molar-refractivity contribution in [3.63, 3.8) is 0 Å². The number of phenols is 1. The number of unbranched alkanes of at least 4 members (excludes halogenated alkanes) is 8. The Morgan fingerprint density at radius 3 is 2.36 bits per heavy atom. The van der Waals surface area contributed by atoms with Gasteiger partial charge in [0.25, 0.3) is 5.91 Å². The highest BCUT2D eigenvalue weighted by molar-refractivity contribution is 9.10. The molecule has 2 amide bonds. The number of carbonyl (C=O) groups excluding carboxylic acids is 2. The Morgan fingerprint density at radius 2 is 1.68 bits per heavy atom. The van der Waals surface area contributed by atoms with Gasteiger partial charge < -0.3 is 10.4 Å². The van der Waals surface area contributed by atoms with Gasteiger partial charge in [0.1, 0.15) is 5.75 Å². The normalized spacial score (nSPS) is 10.9. The summed E-state index contributed by atoms with van der Waals surface area (Å²) in [6, 6.07) is 4.91. The summed E-state index contributed by atoms with van der Waals surface area (Å²) in [7, 11) is 0. The van der Waals surface area contributed by atoms with Crippen molar-refractivity contribution in [1.82, 2.24) is 10.7 Å². The molecule has 0 unspecified atom stereocenters. The monoisotopic (exact) mass is 453 g/mol. The van der Waals surface area contributed by atoms with E-state index in [2.05, 4.69) is 38.7 Å². The molecule has 0 fully saturated rings. The number of amides is 2. The molecule has 0 radical (unpaired) electrons. The van der Waals surface area contributed by atoms with E-state index in [0.717, 1.165) is 23.7 Å². The molecule has 6 nitrogen and oxygen atoms in total. The third kappa shape index (κ3) is 11.7. The molecular weight excluding hydrogens is 422 g/mol. The van der Waals surface area contributed by atoms with Crippen molar-refractivity contribution in [2.75, 3.05) is 6.54 Å². The largest absolute Gasteiger partial charge is 0.507 e. The van der Waals surface area contributed by atoms with Crippen LogP contribution in [0.3, 0.4) is 0 Å². The summed E-state index contributed by atoms with van der Waals surface area (Å²) in [5.74, 6) is -0.465. The molecule has 3 N–H and O–H groups in total. The van der Waals surface area contributed by atoms with Crippen LogP contribution in [0.2, 0.25) is 0 Å². The van der Waals surface area contributed by atoms with Crippen molar-refractivity contribution in [1.29, 1.82) is 0 Å². The Labute approximate surface area is 176 Å². The summed E-state index contributed by atoms with van der Waals surface area (Å²) in [5.41, 5.74) is 2.80. The van der Waals surface area contributed by atoms with Gasteiger partial charge in [-0.05, 0) is 24.6 Å². The zero-order valence-electron chi connectivity index (χ0n) is 16.7.